The Balaban J connectivity index is 1.99. The van der Waals surface area contributed by atoms with Crippen molar-refractivity contribution in [3.05, 3.63) is 89.6 Å². The van der Waals surface area contributed by atoms with Crippen molar-refractivity contribution in [2.45, 2.75) is 19.9 Å². The molecule has 170 valence electrons. The molecular formula is C24H21ClN2O5S. The molecule has 0 saturated carbocycles. The topological polar surface area (TPSA) is 90.1 Å². The zero-order chi connectivity index (χ0) is 23.7. The summed E-state index contributed by atoms with van der Waals surface area (Å²) in [5, 5.41) is 10.9. The monoisotopic (exact) mass is 484 g/mol. The average molecular weight is 485 g/mol. The van der Waals surface area contributed by atoms with Gasteiger partial charge in [-0.05, 0) is 37.6 Å². The molecule has 1 aliphatic heterocycles. The summed E-state index contributed by atoms with van der Waals surface area (Å²) in [6, 6.07) is 11.3. The highest BCUT2D eigenvalue weighted by atomic mass is 35.5. The van der Waals surface area contributed by atoms with E-state index in [2.05, 4.69) is 4.99 Å². The number of allylic oxidation sites excluding steroid dienone is 1. The van der Waals surface area contributed by atoms with E-state index in [1.807, 2.05) is 0 Å². The van der Waals surface area contributed by atoms with Gasteiger partial charge in [0.1, 0.15) is 6.04 Å². The Labute approximate surface area is 198 Å². The lowest BCUT2D eigenvalue weighted by Gasteiger charge is -2.25. The fraction of sp³-hybridized carbons (Fsp3) is 0.208. The number of hydrogen-bond acceptors (Lipinski definition) is 7. The van der Waals surface area contributed by atoms with Crippen molar-refractivity contribution in [1.82, 2.24) is 4.57 Å². The highest BCUT2D eigenvalue weighted by molar-refractivity contribution is 7.07. The van der Waals surface area contributed by atoms with Gasteiger partial charge in [0, 0.05) is 10.6 Å². The Bertz CT molecular complexity index is 1450. The Hall–Kier alpha value is -3.36. The Kier molecular flexibility index (Phi) is 6.40. The Morgan fingerprint density at radius 1 is 1.27 bits per heavy atom. The summed E-state index contributed by atoms with van der Waals surface area (Å²) in [4.78, 5) is 31.4. The largest absolute Gasteiger partial charge is 0.504 e. The first-order valence-corrected chi connectivity index (χ1v) is 11.4. The first-order chi connectivity index (χ1) is 15.9. The fourth-order valence-corrected chi connectivity index (χ4v) is 5.02. The van der Waals surface area contributed by atoms with E-state index >= 15 is 0 Å². The standard InChI is InChI=1S/C24H21ClN2O5S/c1-4-32-23(30)19-13(2)26-24-27(20(19)15-9-5-6-10-16(15)25)22(29)18(33-24)12-14-8-7-11-17(31-3)21(14)28/h5-12,20,28H,4H2,1-3H3/b18-12-/t20-/m0/s1. The van der Waals surface area contributed by atoms with Crippen LogP contribution < -0.4 is 19.6 Å². The van der Waals surface area contributed by atoms with Crippen molar-refractivity contribution < 1.29 is 19.4 Å². The molecule has 0 fully saturated rings. The van der Waals surface area contributed by atoms with Crippen LogP contribution in [0.1, 0.15) is 31.0 Å². The highest BCUT2D eigenvalue weighted by Crippen LogP contribution is 2.34. The second-order valence-corrected chi connectivity index (χ2v) is 8.64. The van der Waals surface area contributed by atoms with Crippen molar-refractivity contribution in [3.8, 4) is 11.5 Å². The molecule has 33 heavy (non-hydrogen) atoms. The van der Waals surface area contributed by atoms with E-state index in [-0.39, 0.29) is 23.5 Å². The molecule has 3 aromatic rings. The molecule has 4 rings (SSSR count). The molecule has 0 radical (unpaired) electrons. The maximum absolute atomic E-state index is 13.6. The molecule has 2 heterocycles. The molecule has 1 N–H and O–H groups in total. The van der Waals surface area contributed by atoms with Gasteiger partial charge in [0.25, 0.3) is 5.56 Å². The number of carbonyl (C=O) groups is 1. The number of halogens is 1. The zero-order valence-electron chi connectivity index (χ0n) is 18.2. The molecule has 9 heteroatoms. The third-order valence-electron chi connectivity index (χ3n) is 5.25. The van der Waals surface area contributed by atoms with Gasteiger partial charge in [0.2, 0.25) is 0 Å². The second-order valence-electron chi connectivity index (χ2n) is 7.22. The molecule has 1 aliphatic rings. The maximum Gasteiger partial charge on any atom is 0.338 e. The maximum atomic E-state index is 13.6. The number of fused-ring (bicyclic) bond motifs is 1. The number of phenols is 1. The van der Waals surface area contributed by atoms with Crippen LogP contribution in [0, 0.1) is 0 Å². The van der Waals surface area contributed by atoms with Crippen LogP contribution in [0.15, 0.2) is 63.5 Å². The second kappa shape index (κ2) is 9.25. The average Bonchev–Trinajstić information content (AvgIpc) is 3.09. The quantitative estimate of drug-likeness (QED) is 0.562. The van der Waals surface area contributed by atoms with E-state index in [1.165, 1.54) is 11.7 Å². The summed E-state index contributed by atoms with van der Waals surface area (Å²) in [5.74, 6) is -0.328. The van der Waals surface area contributed by atoms with Crippen LogP contribution in [0.2, 0.25) is 5.02 Å². The first-order valence-electron chi connectivity index (χ1n) is 10.2. The molecule has 1 atom stereocenters. The third-order valence-corrected chi connectivity index (χ3v) is 6.58. The van der Waals surface area contributed by atoms with Crippen LogP contribution in [0.3, 0.4) is 0 Å². The summed E-state index contributed by atoms with van der Waals surface area (Å²) < 4.78 is 12.2. The molecule has 0 saturated heterocycles. The number of nitrogens with zero attached hydrogens (tertiary/aromatic N) is 2. The molecule has 0 unspecified atom stereocenters. The molecule has 0 spiro atoms. The fourth-order valence-electron chi connectivity index (χ4n) is 3.74. The number of rotatable bonds is 5. The van der Waals surface area contributed by atoms with E-state index in [1.54, 1.807) is 62.4 Å². The predicted molar refractivity (Wildman–Crippen MR) is 127 cm³/mol. The smallest absolute Gasteiger partial charge is 0.338 e. The van der Waals surface area contributed by atoms with Gasteiger partial charge in [-0.3, -0.25) is 9.36 Å². The van der Waals surface area contributed by atoms with Gasteiger partial charge in [0.15, 0.2) is 16.3 Å². The van der Waals surface area contributed by atoms with Crippen LogP contribution in [0.5, 0.6) is 11.5 Å². The molecule has 1 aromatic heterocycles. The number of ether oxygens (including phenoxy) is 2. The number of esters is 1. The molecule has 7 nitrogen and oxygen atoms in total. The lowest BCUT2D eigenvalue weighted by molar-refractivity contribution is -0.139. The van der Waals surface area contributed by atoms with Gasteiger partial charge in [-0.25, -0.2) is 9.79 Å². The minimum absolute atomic E-state index is 0.0723. The molecule has 0 amide bonds. The summed E-state index contributed by atoms with van der Waals surface area (Å²) >= 11 is 7.65. The summed E-state index contributed by atoms with van der Waals surface area (Å²) in [7, 11) is 1.45. The van der Waals surface area contributed by atoms with Crippen LogP contribution in [0.25, 0.3) is 6.08 Å². The van der Waals surface area contributed by atoms with Crippen molar-refractivity contribution in [2.24, 2.45) is 4.99 Å². The van der Waals surface area contributed by atoms with E-state index in [0.717, 1.165) is 11.3 Å². The minimum Gasteiger partial charge on any atom is -0.504 e. The van der Waals surface area contributed by atoms with E-state index < -0.39 is 12.0 Å². The first kappa shape index (κ1) is 22.8. The number of hydrogen-bond donors (Lipinski definition) is 1. The summed E-state index contributed by atoms with van der Waals surface area (Å²) in [6.07, 6.45) is 1.58. The van der Waals surface area contributed by atoms with Crippen LogP contribution >= 0.6 is 22.9 Å². The van der Waals surface area contributed by atoms with E-state index in [9.17, 15) is 14.7 Å². The summed E-state index contributed by atoms with van der Waals surface area (Å²) in [5.41, 5.74) is 1.37. The zero-order valence-corrected chi connectivity index (χ0v) is 19.7. The highest BCUT2D eigenvalue weighted by Gasteiger charge is 2.34. The number of phenolic OH excluding ortho intramolecular Hbond substituents is 1. The number of para-hydroxylation sites is 1. The van der Waals surface area contributed by atoms with Crippen molar-refractivity contribution in [2.75, 3.05) is 13.7 Å². The van der Waals surface area contributed by atoms with Crippen molar-refractivity contribution in [1.29, 1.82) is 0 Å². The Morgan fingerprint density at radius 2 is 2.03 bits per heavy atom. The lowest BCUT2D eigenvalue weighted by atomic mass is 9.96. The van der Waals surface area contributed by atoms with Gasteiger partial charge in [-0.15, -0.1) is 0 Å². The lowest BCUT2D eigenvalue weighted by Crippen LogP contribution is -2.40. The van der Waals surface area contributed by atoms with Gasteiger partial charge < -0.3 is 14.6 Å². The normalized spacial score (nSPS) is 15.8. The van der Waals surface area contributed by atoms with Crippen LogP contribution in [0.4, 0.5) is 0 Å². The van der Waals surface area contributed by atoms with Crippen LogP contribution in [-0.4, -0.2) is 29.4 Å². The van der Waals surface area contributed by atoms with E-state index in [4.69, 9.17) is 21.1 Å². The number of methoxy groups -OCH3 is 1. The number of aromatic nitrogens is 1. The van der Waals surface area contributed by atoms with Crippen molar-refractivity contribution >= 4 is 35.0 Å². The molecule has 0 aliphatic carbocycles. The predicted octanol–water partition coefficient (Wildman–Crippen LogP) is 3.17. The SMILES string of the molecule is CCOC(=O)C1=C(C)N=c2s/c(=C\c3cccc(OC)c3O)c(=O)n2[C@H]1c1ccccc1Cl. The molecule has 2 aromatic carbocycles. The number of benzene rings is 2. The Morgan fingerprint density at radius 3 is 2.73 bits per heavy atom. The van der Waals surface area contributed by atoms with Gasteiger partial charge in [-0.2, -0.15) is 0 Å². The number of aromatic hydroxyl groups is 1. The van der Waals surface area contributed by atoms with Gasteiger partial charge in [-0.1, -0.05) is 53.3 Å². The summed E-state index contributed by atoms with van der Waals surface area (Å²) in [6.45, 7) is 3.61. The van der Waals surface area contributed by atoms with Gasteiger partial charge >= 0.3 is 5.97 Å². The van der Waals surface area contributed by atoms with Gasteiger partial charge in [0.05, 0.1) is 29.5 Å². The minimum atomic E-state index is -0.796. The van der Waals surface area contributed by atoms with Crippen molar-refractivity contribution in [3.63, 3.8) is 0 Å². The molecular weight excluding hydrogens is 464 g/mol. The number of thiazole rings is 1. The molecule has 0 bridgehead atoms. The van der Waals surface area contributed by atoms with Crippen LogP contribution in [-0.2, 0) is 9.53 Å². The third kappa shape index (κ3) is 4.07. The van der Waals surface area contributed by atoms with E-state index in [0.29, 0.717) is 36.9 Å². The number of carbonyl (C=O) groups excluding carboxylic acids is 1.